The van der Waals surface area contributed by atoms with Crippen molar-refractivity contribution in [3.8, 4) is 0 Å². The van der Waals surface area contributed by atoms with Gasteiger partial charge < -0.3 is 15.5 Å². The van der Waals surface area contributed by atoms with Gasteiger partial charge in [-0.1, -0.05) is 23.4 Å². The lowest BCUT2D eigenvalue weighted by molar-refractivity contribution is 0.318. The van der Waals surface area contributed by atoms with Gasteiger partial charge in [-0.25, -0.2) is 0 Å². The molecule has 0 bridgehead atoms. The van der Waals surface area contributed by atoms with Crippen LogP contribution >= 0.6 is 0 Å². The first-order chi connectivity index (χ1) is 9.79. The van der Waals surface area contributed by atoms with Gasteiger partial charge in [-0.3, -0.25) is 4.98 Å². The Hall–Kier alpha value is -2.82. The van der Waals surface area contributed by atoms with Crippen molar-refractivity contribution < 1.29 is 5.21 Å². The molecule has 1 aromatic carbocycles. The molecule has 5 heteroatoms. The van der Waals surface area contributed by atoms with E-state index in [1.165, 1.54) is 0 Å². The maximum absolute atomic E-state index is 8.84. The molecule has 0 saturated carbocycles. The molecular weight excluding hydrogens is 252 g/mol. The third kappa shape index (κ3) is 2.09. The van der Waals surface area contributed by atoms with Crippen LogP contribution in [0.4, 0.5) is 0 Å². The molecule has 0 amide bonds. The summed E-state index contributed by atoms with van der Waals surface area (Å²) in [5.41, 5.74) is 8.60. The average Bonchev–Trinajstić information content (AvgIpc) is 2.91. The topological polar surface area (TPSA) is 76.4 Å². The minimum Gasteiger partial charge on any atom is -0.409 e. The molecule has 2 aromatic heterocycles. The fourth-order valence-electron chi connectivity index (χ4n) is 2.33. The number of hydrogen-bond donors (Lipinski definition) is 2. The van der Waals surface area contributed by atoms with Gasteiger partial charge in [0, 0.05) is 41.6 Å². The summed E-state index contributed by atoms with van der Waals surface area (Å²) in [6.07, 6.45) is 5.60. The van der Waals surface area contributed by atoms with Crippen LogP contribution in [0, 0.1) is 0 Å². The van der Waals surface area contributed by atoms with E-state index in [2.05, 4.69) is 14.7 Å². The van der Waals surface area contributed by atoms with Gasteiger partial charge >= 0.3 is 0 Å². The molecule has 3 rings (SSSR count). The summed E-state index contributed by atoms with van der Waals surface area (Å²) in [6, 6.07) is 11.7. The van der Waals surface area contributed by atoms with E-state index in [0.29, 0.717) is 0 Å². The van der Waals surface area contributed by atoms with Crippen LogP contribution in [0.3, 0.4) is 0 Å². The number of hydrogen-bond acceptors (Lipinski definition) is 3. The molecule has 3 aromatic rings. The van der Waals surface area contributed by atoms with Crippen LogP contribution < -0.4 is 5.73 Å². The smallest absolute Gasteiger partial charge is 0.170 e. The van der Waals surface area contributed by atoms with Crippen LogP contribution in [0.2, 0.25) is 0 Å². The van der Waals surface area contributed by atoms with Gasteiger partial charge in [0.15, 0.2) is 5.84 Å². The van der Waals surface area contributed by atoms with E-state index in [9.17, 15) is 0 Å². The molecule has 20 heavy (non-hydrogen) atoms. The SMILES string of the molecule is N/C(=N/O)c1cccc2c1ccn2Cc1cccnc1. The maximum Gasteiger partial charge on any atom is 0.170 e. The van der Waals surface area contributed by atoms with Crippen LogP contribution in [-0.4, -0.2) is 20.6 Å². The summed E-state index contributed by atoms with van der Waals surface area (Å²) >= 11 is 0. The third-order valence-electron chi connectivity index (χ3n) is 3.27. The van der Waals surface area contributed by atoms with Gasteiger partial charge in [-0.05, 0) is 23.8 Å². The fraction of sp³-hybridized carbons (Fsp3) is 0.0667. The lowest BCUT2D eigenvalue weighted by Gasteiger charge is -2.06. The normalized spacial score (nSPS) is 11.9. The second-order valence-corrected chi connectivity index (χ2v) is 4.53. The Balaban J connectivity index is 2.06. The highest BCUT2D eigenvalue weighted by atomic mass is 16.4. The summed E-state index contributed by atoms with van der Waals surface area (Å²) in [6.45, 7) is 0.733. The molecule has 0 saturated heterocycles. The van der Waals surface area contributed by atoms with Gasteiger partial charge in [0.1, 0.15) is 0 Å². The first-order valence-electron chi connectivity index (χ1n) is 6.24. The molecule has 2 heterocycles. The largest absolute Gasteiger partial charge is 0.409 e. The van der Waals surface area contributed by atoms with Gasteiger partial charge in [0.25, 0.3) is 0 Å². The Morgan fingerprint density at radius 3 is 2.90 bits per heavy atom. The minimum absolute atomic E-state index is 0.120. The van der Waals surface area contributed by atoms with Crippen molar-refractivity contribution >= 4 is 16.7 Å². The number of fused-ring (bicyclic) bond motifs is 1. The summed E-state index contributed by atoms with van der Waals surface area (Å²) < 4.78 is 2.11. The number of nitrogens with zero attached hydrogens (tertiary/aromatic N) is 3. The zero-order chi connectivity index (χ0) is 13.9. The van der Waals surface area contributed by atoms with Gasteiger partial charge in [0.05, 0.1) is 0 Å². The number of rotatable bonds is 3. The first-order valence-corrected chi connectivity index (χ1v) is 6.24. The Morgan fingerprint density at radius 2 is 2.15 bits per heavy atom. The Bertz CT molecular complexity index is 762. The third-order valence-corrected chi connectivity index (χ3v) is 3.27. The van der Waals surface area contributed by atoms with Crippen LogP contribution in [0.1, 0.15) is 11.1 Å². The lowest BCUT2D eigenvalue weighted by atomic mass is 10.1. The van der Waals surface area contributed by atoms with E-state index in [1.54, 1.807) is 6.20 Å². The summed E-state index contributed by atoms with van der Waals surface area (Å²) in [5, 5.41) is 12.9. The van der Waals surface area contributed by atoms with Gasteiger partial charge in [0.2, 0.25) is 0 Å². The number of pyridine rings is 1. The van der Waals surface area contributed by atoms with Gasteiger partial charge in [-0.15, -0.1) is 0 Å². The quantitative estimate of drug-likeness (QED) is 0.330. The van der Waals surface area contributed by atoms with E-state index in [0.717, 1.165) is 28.6 Å². The van der Waals surface area contributed by atoms with Crippen molar-refractivity contribution in [2.24, 2.45) is 10.9 Å². The molecule has 0 spiro atoms. The molecule has 0 radical (unpaired) electrons. The fourth-order valence-corrected chi connectivity index (χ4v) is 2.33. The van der Waals surface area contributed by atoms with Crippen molar-refractivity contribution in [2.45, 2.75) is 6.54 Å². The zero-order valence-electron chi connectivity index (χ0n) is 10.8. The van der Waals surface area contributed by atoms with E-state index in [1.807, 2.05) is 48.8 Å². The first kappa shape index (κ1) is 12.2. The minimum atomic E-state index is 0.120. The lowest BCUT2D eigenvalue weighted by Crippen LogP contribution is -2.13. The highest BCUT2D eigenvalue weighted by Crippen LogP contribution is 2.21. The molecule has 5 nitrogen and oxygen atoms in total. The standard InChI is InChI=1S/C15H14N4O/c16-15(18-20)13-4-1-5-14-12(13)6-8-19(14)10-11-3-2-7-17-9-11/h1-9,20H,10H2,(H2,16,18). The molecule has 0 unspecified atom stereocenters. The summed E-state index contributed by atoms with van der Waals surface area (Å²) in [4.78, 5) is 4.12. The highest BCUT2D eigenvalue weighted by molar-refractivity contribution is 6.08. The highest BCUT2D eigenvalue weighted by Gasteiger charge is 2.08. The average molecular weight is 266 g/mol. The van der Waals surface area contributed by atoms with Crippen LogP contribution in [0.15, 0.2) is 60.1 Å². The van der Waals surface area contributed by atoms with Crippen LogP contribution in [0.5, 0.6) is 0 Å². The molecule has 0 aliphatic heterocycles. The zero-order valence-corrected chi connectivity index (χ0v) is 10.8. The number of aromatic nitrogens is 2. The number of amidine groups is 1. The number of nitrogens with two attached hydrogens (primary N) is 1. The number of oxime groups is 1. The van der Waals surface area contributed by atoms with Crippen molar-refractivity contribution in [3.63, 3.8) is 0 Å². The second kappa shape index (κ2) is 5.05. The summed E-state index contributed by atoms with van der Waals surface area (Å²) in [5.74, 6) is 0.120. The van der Waals surface area contributed by atoms with Crippen molar-refractivity contribution in [3.05, 3.63) is 66.1 Å². The maximum atomic E-state index is 8.84. The van der Waals surface area contributed by atoms with Crippen molar-refractivity contribution in [2.75, 3.05) is 0 Å². The van der Waals surface area contributed by atoms with E-state index in [-0.39, 0.29) is 5.84 Å². The van der Waals surface area contributed by atoms with E-state index < -0.39 is 0 Å². The monoisotopic (exact) mass is 266 g/mol. The predicted octanol–water partition coefficient (Wildman–Crippen LogP) is 2.18. The van der Waals surface area contributed by atoms with Gasteiger partial charge in [-0.2, -0.15) is 0 Å². The number of benzene rings is 1. The Labute approximate surface area is 116 Å². The van der Waals surface area contributed by atoms with E-state index >= 15 is 0 Å². The molecule has 0 aliphatic carbocycles. The molecule has 0 aliphatic rings. The van der Waals surface area contributed by atoms with Crippen molar-refractivity contribution in [1.82, 2.24) is 9.55 Å². The predicted molar refractivity (Wildman–Crippen MR) is 77.8 cm³/mol. The van der Waals surface area contributed by atoms with E-state index in [4.69, 9.17) is 10.9 Å². The molecule has 3 N–H and O–H groups in total. The second-order valence-electron chi connectivity index (χ2n) is 4.53. The van der Waals surface area contributed by atoms with Crippen LogP contribution in [-0.2, 0) is 6.54 Å². The molecule has 0 fully saturated rings. The summed E-state index contributed by atoms with van der Waals surface area (Å²) in [7, 11) is 0. The molecule has 100 valence electrons. The Morgan fingerprint density at radius 1 is 1.25 bits per heavy atom. The Kier molecular flexibility index (Phi) is 3.09. The van der Waals surface area contributed by atoms with Crippen LogP contribution in [0.25, 0.3) is 10.9 Å². The molecular formula is C15H14N4O. The van der Waals surface area contributed by atoms with Crippen molar-refractivity contribution in [1.29, 1.82) is 0 Å². The molecule has 0 atom stereocenters.